The van der Waals surface area contributed by atoms with Crippen molar-refractivity contribution in [2.24, 2.45) is 0 Å². The number of para-hydroxylation sites is 1. The van der Waals surface area contributed by atoms with Crippen molar-refractivity contribution in [2.45, 2.75) is 52.4 Å². The largest absolute Gasteiger partial charge is 0.356 e. The van der Waals surface area contributed by atoms with Crippen LogP contribution in [0.15, 0.2) is 48.5 Å². The van der Waals surface area contributed by atoms with Crippen molar-refractivity contribution in [1.29, 1.82) is 0 Å². The van der Waals surface area contributed by atoms with E-state index in [0.29, 0.717) is 25.9 Å². The van der Waals surface area contributed by atoms with E-state index in [1.807, 2.05) is 50.2 Å². The average molecular weight is 431 g/mol. The normalized spacial score (nSPS) is 12.4. The van der Waals surface area contributed by atoms with E-state index in [1.165, 1.54) is 16.1 Å². The third-order valence-electron chi connectivity index (χ3n) is 5.35. The molecule has 1 N–H and O–H groups in total. The van der Waals surface area contributed by atoms with E-state index in [9.17, 15) is 13.2 Å². The molecule has 0 aliphatic carbocycles. The summed E-state index contributed by atoms with van der Waals surface area (Å²) in [6.45, 7) is 7.00. The van der Waals surface area contributed by atoms with Crippen LogP contribution in [-0.4, -0.2) is 33.7 Å². The molecule has 0 aliphatic heterocycles. The molecule has 0 saturated heterocycles. The van der Waals surface area contributed by atoms with E-state index in [2.05, 4.69) is 24.4 Å². The van der Waals surface area contributed by atoms with Gasteiger partial charge in [-0.15, -0.1) is 0 Å². The fraction of sp³-hybridized carbons (Fsp3) is 0.458. The Kier molecular flexibility index (Phi) is 8.90. The molecule has 2 rings (SSSR count). The number of nitrogens with zero attached hydrogens (tertiary/aromatic N) is 1. The number of nitrogens with one attached hydrogen (secondary N) is 1. The second kappa shape index (κ2) is 11.2. The predicted molar refractivity (Wildman–Crippen MR) is 124 cm³/mol. The van der Waals surface area contributed by atoms with Crippen molar-refractivity contribution < 1.29 is 13.2 Å². The number of carbonyl (C=O) groups is 1. The molecule has 0 radical (unpaired) electrons. The molecule has 0 bridgehead atoms. The van der Waals surface area contributed by atoms with Gasteiger partial charge in [0.1, 0.15) is 0 Å². The van der Waals surface area contributed by atoms with Gasteiger partial charge in [0.25, 0.3) is 0 Å². The maximum atomic E-state index is 12.5. The fourth-order valence-corrected chi connectivity index (χ4v) is 4.64. The summed E-state index contributed by atoms with van der Waals surface area (Å²) in [4.78, 5) is 12.3. The van der Waals surface area contributed by atoms with Crippen LogP contribution in [0.1, 0.15) is 56.2 Å². The number of carbonyl (C=O) groups excluding carboxylic acids is 1. The van der Waals surface area contributed by atoms with Crippen LogP contribution < -0.4 is 9.62 Å². The SMILES string of the molecule is CCc1cccc(CC)c1N(CCCC(=O)NC[C@H](C)c1ccccc1)S(C)(=O)=O. The van der Waals surface area contributed by atoms with Gasteiger partial charge in [0.2, 0.25) is 15.9 Å². The number of benzene rings is 2. The number of sulfonamides is 1. The highest BCUT2D eigenvalue weighted by molar-refractivity contribution is 7.92. The zero-order valence-electron chi connectivity index (χ0n) is 18.5. The molecule has 1 atom stereocenters. The minimum absolute atomic E-state index is 0.0503. The number of aryl methyl sites for hydroxylation is 2. The summed E-state index contributed by atoms with van der Waals surface area (Å²) in [5, 5.41) is 2.97. The highest BCUT2D eigenvalue weighted by Gasteiger charge is 2.22. The van der Waals surface area contributed by atoms with Gasteiger partial charge in [0.15, 0.2) is 0 Å². The summed E-state index contributed by atoms with van der Waals surface area (Å²) >= 11 is 0. The van der Waals surface area contributed by atoms with Crippen LogP contribution in [0, 0.1) is 0 Å². The van der Waals surface area contributed by atoms with Crippen LogP contribution in [-0.2, 0) is 27.7 Å². The third-order valence-corrected chi connectivity index (χ3v) is 6.52. The Morgan fingerprint density at radius 1 is 1.00 bits per heavy atom. The van der Waals surface area contributed by atoms with E-state index in [0.717, 1.165) is 29.7 Å². The Morgan fingerprint density at radius 2 is 1.60 bits per heavy atom. The number of hydrogen-bond donors (Lipinski definition) is 1. The maximum absolute atomic E-state index is 12.5. The summed E-state index contributed by atoms with van der Waals surface area (Å²) in [6.07, 6.45) is 3.52. The standard InChI is InChI=1S/C24H34N2O3S/c1-5-20-14-10-15-21(6-2)24(20)26(30(4,28)29)17-11-16-23(27)25-18-19(3)22-12-8-7-9-13-22/h7-10,12-15,19H,5-6,11,16-18H2,1-4H3,(H,25,27)/t19-/m0/s1. The highest BCUT2D eigenvalue weighted by atomic mass is 32.2. The van der Waals surface area contributed by atoms with Crippen molar-refractivity contribution in [3.63, 3.8) is 0 Å². The van der Waals surface area contributed by atoms with Gasteiger partial charge >= 0.3 is 0 Å². The smallest absolute Gasteiger partial charge is 0.232 e. The lowest BCUT2D eigenvalue weighted by Crippen LogP contribution is -2.34. The zero-order chi connectivity index (χ0) is 22.1. The highest BCUT2D eigenvalue weighted by Crippen LogP contribution is 2.29. The van der Waals surface area contributed by atoms with Crippen LogP contribution in [0.2, 0.25) is 0 Å². The predicted octanol–water partition coefficient (Wildman–Crippen LogP) is 4.28. The summed E-state index contributed by atoms with van der Waals surface area (Å²) in [7, 11) is -3.44. The number of amides is 1. The first-order valence-electron chi connectivity index (χ1n) is 10.7. The average Bonchev–Trinajstić information content (AvgIpc) is 2.74. The fourth-order valence-electron chi connectivity index (χ4n) is 3.62. The van der Waals surface area contributed by atoms with Crippen molar-refractivity contribution in [3.05, 3.63) is 65.2 Å². The molecule has 0 spiro atoms. The van der Waals surface area contributed by atoms with Gasteiger partial charge in [-0.05, 0) is 41.9 Å². The molecule has 0 saturated carbocycles. The van der Waals surface area contributed by atoms with Crippen molar-refractivity contribution in [1.82, 2.24) is 5.32 Å². The lowest BCUT2D eigenvalue weighted by molar-refractivity contribution is -0.121. The third kappa shape index (κ3) is 6.59. The van der Waals surface area contributed by atoms with E-state index in [4.69, 9.17) is 0 Å². The molecule has 0 fully saturated rings. The molecule has 2 aromatic rings. The van der Waals surface area contributed by atoms with Crippen LogP contribution >= 0.6 is 0 Å². The first-order valence-corrected chi connectivity index (χ1v) is 12.5. The van der Waals surface area contributed by atoms with Gasteiger partial charge in [-0.25, -0.2) is 8.42 Å². The zero-order valence-corrected chi connectivity index (χ0v) is 19.3. The summed E-state index contributed by atoms with van der Waals surface area (Å²) in [5.41, 5.74) is 3.99. The minimum atomic E-state index is -3.44. The van der Waals surface area contributed by atoms with E-state index >= 15 is 0 Å². The van der Waals surface area contributed by atoms with E-state index < -0.39 is 10.0 Å². The van der Waals surface area contributed by atoms with Crippen LogP contribution in [0.3, 0.4) is 0 Å². The monoisotopic (exact) mass is 430 g/mol. The number of hydrogen-bond acceptors (Lipinski definition) is 3. The molecule has 1 amide bonds. The molecule has 5 nitrogen and oxygen atoms in total. The molecule has 30 heavy (non-hydrogen) atoms. The van der Waals surface area contributed by atoms with E-state index in [-0.39, 0.29) is 11.8 Å². The molecule has 164 valence electrons. The first-order chi connectivity index (χ1) is 14.3. The Balaban J connectivity index is 1.99. The lowest BCUT2D eigenvalue weighted by atomic mass is 10.0. The molecular formula is C24H34N2O3S. The van der Waals surface area contributed by atoms with Gasteiger partial charge in [-0.1, -0.05) is 69.3 Å². The first kappa shape index (κ1) is 23.9. The van der Waals surface area contributed by atoms with Crippen LogP contribution in [0.4, 0.5) is 5.69 Å². The molecule has 0 unspecified atom stereocenters. The molecule has 2 aromatic carbocycles. The Bertz CT molecular complexity index is 904. The number of rotatable bonds is 11. The topological polar surface area (TPSA) is 66.5 Å². The van der Waals surface area contributed by atoms with Gasteiger partial charge < -0.3 is 5.32 Å². The van der Waals surface area contributed by atoms with Gasteiger partial charge in [-0.2, -0.15) is 0 Å². The van der Waals surface area contributed by atoms with Crippen molar-refractivity contribution in [3.8, 4) is 0 Å². The van der Waals surface area contributed by atoms with Crippen LogP contribution in [0.25, 0.3) is 0 Å². The second-order valence-corrected chi connectivity index (χ2v) is 9.59. The molecule has 6 heteroatoms. The van der Waals surface area contributed by atoms with Gasteiger partial charge in [0.05, 0.1) is 11.9 Å². The summed E-state index contributed by atoms with van der Waals surface area (Å²) in [5.74, 6) is 0.178. The summed E-state index contributed by atoms with van der Waals surface area (Å²) < 4.78 is 26.6. The number of anilines is 1. The van der Waals surface area contributed by atoms with Crippen molar-refractivity contribution >= 4 is 21.6 Å². The molecular weight excluding hydrogens is 396 g/mol. The lowest BCUT2D eigenvalue weighted by Gasteiger charge is -2.27. The Hall–Kier alpha value is -2.34. The molecule has 0 aromatic heterocycles. The van der Waals surface area contributed by atoms with Crippen molar-refractivity contribution in [2.75, 3.05) is 23.7 Å². The molecule has 0 heterocycles. The Morgan fingerprint density at radius 3 is 2.13 bits per heavy atom. The second-order valence-electron chi connectivity index (χ2n) is 7.69. The van der Waals surface area contributed by atoms with Gasteiger partial charge in [-0.3, -0.25) is 9.10 Å². The Labute approximate surface area is 181 Å². The quantitative estimate of drug-likeness (QED) is 0.579. The molecule has 0 aliphatic rings. The minimum Gasteiger partial charge on any atom is -0.356 e. The maximum Gasteiger partial charge on any atom is 0.232 e. The van der Waals surface area contributed by atoms with E-state index in [1.54, 1.807) is 0 Å². The van der Waals surface area contributed by atoms with Gasteiger partial charge in [0, 0.05) is 19.5 Å². The summed E-state index contributed by atoms with van der Waals surface area (Å²) in [6, 6.07) is 16.0. The van der Waals surface area contributed by atoms with Crippen LogP contribution in [0.5, 0.6) is 0 Å².